The van der Waals surface area contributed by atoms with Crippen LogP contribution in [0.25, 0.3) is 0 Å². The number of methoxy groups -OCH3 is 2. The summed E-state index contributed by atoms with van der Waals surface area (Å²) < 4.78 is 53.5. The van der Waals surface area contributed by atoms with E-state index in [4.69, 9.17) is 32.7 Å². The van der Waals surface area contributed by atoms with E-state index < -0.39 is 34.3 Å². The molecule has 0 unspecified atom stereocenters. The van der Waals surface area contributed by atoms with Crippen LogP contribution in [0.2, 0.25) is 10.0 Å². The molecular formula is C32H36Cl2FN3O6S. The highest BCUT2D eigenvalue weighted by molar-refractivity contribution is 7.92. The predicted molar refractivity (Wildman–Crippen MR) is 172 cm³/mol. The Kier molecular flexibility index (Phi) is 11.6. The summed E-state index contributed by atoms with van der Waals surface area (Å²) in [7, 11) is -1.63. The van der Waals surface area contributed by atoms with Crippen molar-refractivity contribution < 1.29 is 31.9 Å². The molecule has 9 nitrogen and oxygen atoms in total. The third kappa shape index (κ3) is 8.39. The topological polar surface area (TPSA) is 105 Å². The molecule has 2 amide bonds. The summed E-state index contributed by atoms with van der Waals surface area (Å²) in [6.45, 7) is 0.853. The van der Waals surface area contributed by atoms with Crippen LogP contribution >= 0.6 is 23.2 Å². The number of benzene rings is 3. The van der Waals surface area contributed by atoms with Crippen LogP contribution in [0.5, 0.6) is 11.5 Å². The van der Waals surface area contributed by atoms with E-state index in [0.717, 1.165) is 48.5 Å². The van der Waals surface area contributed by atoms with Crippen LogP contribution in [0.4, 0.5) is 10.1 Å². The molecule has 242 valence electrons. The molecule has 3 aromatic carbocycles. The first-order valence-corrected chi connectivity index (χ1v) is 16.7. The Bertz CT molecular complexity index is 1620. The van der Waals surface area contributed by atoms with Crippen molar-refractivity contribution >= 4 is 50.7 Å². The van der Waals surface area contributed by atoms with Crippen LogP contribution in [0, 0.1) is 5.82 Å². The molecule has 0 bridgehead atoms. The van der Waals surface area contributed by atoms with Crippen molar-refractivity contribution in [3.05, 3.63) is 82.1 Å². The maximum absolute atomic E-state index is 14.2. The quantitative estimate of drug-likeness (QED) is 0.244. The van der Waals surface area contributed by atoms with E-state index in [0.29, 0.717) is 16.3 Å². The number of carbonyl (C=O) groups is 2. The molecule has 0 radical (unpaired) electrons. The second-order valence-electron chi connectivity index (χ2n) is 10.8. The summed E-state index contributed by atoms with van der Waals surface area (Å²) in [5.41, 5.74) is 0.638. The monoisotopic (exact) mass is 679 g/mol. The standard InChI is InChI=1S/C32H36Cl2FN3O6S/c1-21(32(40)36-24-7-5-4-6-8-24)37(19-22-9-15-27(33)28(34)17-22)31(39)20-38(25-12-10-23(35)11-13-25)45(41,42)26-14-16-29(43-2)30(18-26)44-3/h9-18,21,24H,4-8,19-20H2,1-3H3,(H,36,40)/t21-/m0/s1. The van der Waals surface area contributed by atoms with E-state index in [1.54, 1.807) is 25.1 Å². The minimum atomic E-state index is -4.42. The number of nitrogens with zero attached hydrogens (tertiary/aromatic N) is 2. The number of ether oxygens (including phenoxy) is 2. The van der Waals surface area contributed by atoms with Gasteiger partial charge in [-0.15, -0.1) is 0 Å². The summed E-state index contributed by atoms with van der Waals surface area (Å²) in [4.78, 5) is 28.7. The molecule has 45 heavy (non-hydrogen) atoms. The summed E-state index contributed by atoms with van der Waals surface area (Å²) in [6.07, 6.45) is 4.82. The molecule has 13 heteroatoms. The minimum absolute atomic E-state index is 0.00299. The highest BCUT2D eigenvalue weighted by atomic mass is 35.5. The maximum atomic E-state index is 14.2. The van der Waals surface area contributed by atoms with Crippen molar-refractivity contribution in [3.63, 3.8) is 0 Å². The average molecular weight is 681 g/mol. The molecule has 1 aliphatic carbocycles. The first kappa shape index (κ1) is 34.3. The highest BCUT2D eigenvalue weighted by Gasteiger charge is 2.34. The fourth-order valence-corrected chi connectivity index (χ4v) is 6.98. The van der Waals surface area contributed by atoms with E-state index in [1.807, 2.05) is 0 Å². The fraction of sp³-hybridized carbons (Fsp3) is 0.375. The SMILES string of the molecule is COc1ccc(S(=O)(=O)N(CC(=O)N(Cc2ccc(Cl)c(Cl)c2)[C@@H](C)C(=O)NC2CCCCC2)c2ccc(F)cc2)cc1OC. The molecule has 4 rings (SSSR count). The lowest BCUT2D eigenvalue weighted by Crippen LogP contribution is -2.53. The molecule has 1 fully saturated rings. The van der Waals surface area contributed by atoms with Gasteiger partial charge in [0, 0.05) is 18.7 Å². The molecule has 1 atom stereocenters. The number of amides is 2. The molecule has 0 saturated heterocycles. The van der Waals surface area contributed by atoms with Gasteiger partial charge in [0.05, 0.1) is 34.8 Å². The number of rotatable bonds is 12. The Morgan fingerprint density at radius 2 is 1.60 bits per heavy atom. The highest BCUT2D eigenvalue weighted by Crippen LogP contribution is 2.33. The summed E-state index contributed by atoms with van der Waals surface area (Å²) in [5, 5.41) is 3.64. The lowest BCUT2D eigenvalue weighted by atomic mass is 9.95. The van der Waals surface area contributed by atoms with E-state index in [9.17, 15) is 22.4 Å². The minimum Gasteiger partial charge on any atom is -0.493 e. The van der Waals surface area contributed by atoms with Crippen LogP contribution < -0.4 is 19.1 Å². The van der Waals surface area contributed by atoms with Gasteiger partial charge in [0.15, 0.2) is 11.5 Å². The van der Waals surface area contributed by atoms with E-state index in [1.165, 1.54) is 49.5 Å². The third-order valence-corrected chi connectivity index (χ3v) is 10.3. The van der Waals surface area contributed by atoms with Crippen molar-refractivity contribution in [2.45, 2.75) is 62.6 Å². The lowest BCUT2D eigenvalue weighted by Gasteiger charge is -2.33. The molecule has 3 aromatic rings. The summed E-state index contributed by atoms with van der Waals surface area (Å²) in [6, 6.07) is 12.7. The number of carbonyl (C=O) groups excluding carboxylic acids is 2. The molecule has 1 N–H and O–H groups in total. The Morgan fingerprint density at radius 3 is 2.22 bits per heavy atom. The Balaban J connectivity index is 1.71. The van der Waals surface area contributed by atoms with E-state index >= 15 is 0 Å². The van der Waals surface area contributed by atoms with Crippen LogP contribution in [0.1, 0.15) is 44.6 Å². The smallest absolute Gasteiger partial charge is 0.264 e. The zero-order valence-corrected chi connectivity index (χ0v) is 27.6. The molecule has 0 heterocycles. The first-order valence-electron chi connectivity index (χ1n) is 14.5. The van der Waals surface area contributed by atoms with Gasteiger partial charge in [0.2, 0.25) is 11.8 Å². The van der Waals surface area contributed by atoms with Gasteiger partial charge in [-0.25, -0.2) is 12.8 Å². The number of hydrogen-bond donors (Lipinski definition) is 1. The number of halogens is 3. The van der Waals surface area contributed by atoms with Crippen LogP contribution in [0.3, 0.4) is 0 Å². The van der Waals surface area contributed by atoms with Crippen molar-refractivity contribution in [1.82, 2.24) is 10.2 Å². The van der Waals surface area contributed by atoms with Crippen molar-refractivity contribution in [1.29, 1.82) is 0 Å². The van der Waals surface area contributed by atoms with Crippen LogP contribution in [-0.2, 0) is 26.2 Å². The van der Waals surface area contributed by atoms with Crippen LogP contribution in [-0.4, -0.2) is 58.0 Å². The van der Waals surface area contributed by atoms with Gasteiger partial charge in [0.25, 0.3) is 10.0 Å². The summed E-state index contributed by atoms with van der Waals surface area (Å²) >= 11 is 12.4. The third-order valence-electron chi connectivity index (χ3n) is 7.79. The van der Waals surface area contributed by atoms with Gasteiger partial charge in [-0.2, -0.15) is 0 Å². The fourth-order valence-electron chi connectivity index (χ4n) is 5.23. The average Bonchev–Trinajstić information content (AvgIpc) is 3.04. The Morgan fingerprint density at radius 1 is 0.933 bits per heavy atom. The molecule has 0 spiro atoms. The number of anilines is 1. The lowest BCUT2D eigenvalue weighted by molar-refractivity contribution is -0.139. The van der Waals surface area contributed by atoms with Gasteiger partial charge in [-0.3, -0.25) is 13.9 Å². The second-order valence-corrected chi connectivity index (χ2v) is 13.5. The number of hydrogen-bond acceptors (Lipinski definition) is 6. The van der Waals surface area contributed by atoms with Crippen LogP contribution in [0.15, 0.2) is 65.6 Å². The van der Waals surface area contributed by atoms with Gasteiger partial charge in [-0.1, -0.05) is 48.5 Å². The molecular weight excluding hydrogens is 644 g/mol. The molecule has 1 aliphatic rings. The van der Waals surface area contributed by atoms with E-state index in [2.05, 4.69) is 5.32 Å². The van der Waals surface area contributed by atoms with Crippen molar-refractivity contribution in [2.24, 2.45) is 0 Å². The first-order chi connectivity index (χ1) is 21.4. The predicted octanol–water partition coefficient (Wildman–Crippen LogP) is 6.21. The zero-order valence-electron chi connectivity index (χ0n) is 25.3. The van der Waals surface area contributed by atoms with Gasteiger partial charge >= 0.3 is 0 Å². The number of sulfonamides is 1. The normalized spacial score (nSPS) is 14.4. The molecule has 0 aromatic heterocycles. The Labute approximate surface area is 273 Å². The molecule has 1 saturated carbocycles. The molecule has 0 aliphatic heterocycles. The van der Waals surface area contributed by atoms with Gasteiger partial charge < -0.3 is 19.7 Å². The van der Waals surface area contributed by atoms with Crippen molar-refractivity contribution in [2.75, 3.05) is 25.1 Å². The Hall–Kier alpha value is -3.54. The van der Waals surface area contributed by atoms with Gasteiger partial charge in [0.1, 0.15) is 18.4 Å². The largest absolute Gasteiger partial charge is 0.493 e. The maximum Gasteiger partial charge on any atom is 0.264 e. The summed E-state index contributed by atoms with van der Waals surface area (Å²) in [5.74, 6) is -1.13. The zero-order chi connectivity index (χ0) is 32.7. The van der Waals surface area contributed by atoms with Gasteiger partial charge in [-0.05, 0) is 73.9 Å². The number of nitrogens with one attached hydrogen (secondary N) is 1. The second kappa shape index (κ2) is 15.2. The van der Waals surface area contributed by atoms with E-state index in [-0.39, 0.29) is 39.8 Å². The van der Waals surface area contributed by atoms with Crippen molar-refractivity contribution in [3.8, 4) is 11.5 Å².